The topological polar surface area (TPSA) is 84.2 Å². The third-order valence-corrected chi connectivity index (χ3v) is 2.77. The zero-order chi connectivity index (χ0) is 16.1. The smallest absolute Gasteiger partial charge is 0.248 e. The number of anilines is 2. The Morgan fingerprint density at radius 3 is 2.09 bits per heavy atom. The molecule has 0 aliphatic heterocycles. The van der Waals surface area contributed by atoms with Crippen molar-refractivity contribution in [2.24, 2.45) is 5.73 Å². The molecule has 2 rings (SSSR count). The summed E-state index contributed by atoms with van der Waals surface area (Å²) in [4.78, 5) is 22.6. The van der Waals surface area contributed by atoms with Crippen LogP contribution in [0, 0.1) is 11.6 Å². The lowest BCUT2D eigenvalue weighted by Gasteiger charge is -2.08. The van der Waals surface area contributed by atoms with Gasteiger partial charge < -0.3 is 16.4 Å². The maximum atomic E-state index is 13.0. The summed E-state index contributed by atoms with van der Waals surface area (Å²) in [6, 6.07) is 8.92. The Hall–Kier alpha value is -2.96. The highest BCUT2D eigenvalue weighted by molar-refractivity contribution is 5.96. The SMILES string of the molecule is NC(=O)c1ccc(NC(=O)CNc2cc(F)cc(F)c2)cc1. The van der Waals surface area contributed by atoms with Gasteiger partial charge >= 0.3 is 0 Å². The first-order chi connectivity index (χ1) is 10.4. The number of primary amides is 1. The van der Waals surface area contributed by atoms with E-state index in [4.69, 9.17) is 5.73 Å². The van der Waals surface area contributed by atoms with Crippen molar-refractivity contribution >= 4 is 23.2 Å². The van der Waals surface area contributed by atoms with Crippen molar-refractivity contribution in [2.45, 2.75) is 0 Å². The molecule has 0 bridgehead atoms. The van der Waals surface area contributed by atoms with Gasteiger partial charge in [0.05, 0.1) is 6.54 Å². The van der Waals surface area contributed by atoms with Crippen LogP contribution >= 0.6 is 0 Å². The molecule has 0 atom stereocenters. The van der Waals surface area contributed by atoms with Gasteiger partial charge in [-0.15, -0.1) is 0 Å². The van der Waals surface area contributed by atoms with Gasteiger partial charge in [-0.1, -0.05) is 0 Å². The zero-order valence-electron chi connectivity index (χ0n) is 11.4. The second-order valence-corrected chi connectivity index (χ2v) is 4.50. The molecule has 0 saturated heterocycles. The molecule has 0 unspecified atom stereocenters. The first kappa shape index (κ1) is 15.4. The van der Waals surface area contributed by atoms with E-state index in [-0.39, 0.29) is 12.2 Å². The molecule has 0 saturated carbocycles. The van der Waals surface area contributed by atoms with E-state index >= 15 is 0 Å². The van der Waals surface area contributed by atoms with E-state index in [9.17, 15) is 18.4 Å². The van der Waals surface area contributed by atoms with Crippen LogP contribution in [0.4, 0.5) is 20.2 Å². The zero-order valence-corrected chi connectivity index (χ0v) is 11.4. The fourth-order valence-electron chi connectivity index (χ4n) is 1.76. The van der Waals surface area contributed by atoms with Gasteiger partial charge in [0.15, 0.2) is 0 Å². The van der Waals surface area contributed by atoms with Gasteiger partial charge in [-0.05, 0) is 36.4 Å². The first-order valence-electron chi connectivity index (χ1n) is 6.34. The lowest BCUT2D eigenvalue weighted by Crippen LogP contribution is -2.22. The number of amides is 2. The minimum absolute atomic E-state index is 0.164. The highest BCUT2D eigenvalue weighted by Gasteiger charge is 2.05. The minimum Gasteiger partial charge on any atom is -0.376 e. The summed E-state index contributed by atoms with van der Waals surface area (Å²) < 4.78 is 26.0. The van der Waals surface area contributed by atoms with Crippen LogP contribution in [0.25, 0.3) is 0 Å². The van der Waals surface area contributed by atoms with Gasteiger partial charge in [-0.25, -0.2) is 8.78 Å². The van der Waals surface area contributed by atoms with Crippen molar-refractivity contribution < 1.29 is 18.4 Å². The average molecular weight is 305 g/mol. The third-order valence-electron chi connectivity index (χ3n) is 2.77. The number of benzene rings is 2. The molecule has 0 heterocycles. The molecular formula is C15H13F2N3O2. The molecule has 0 radical (unpaired) electrons. The number of hydrogen-bond donors (Lipinski definition) is 3. The van der Waals surface area contributed by atoms with Crippen molar-refractivity contribution in [1.29, 1.82) is 0 Å². The molecule has 2 aromatic carbocycles. The van der Waals surface area contributed by atoms with Crippen LogP contribution < -0.4 is 16.4 Å². The number of carbonyl (C=O) groups is 2. The normalized spacial score (nSPS) is 10.1. The van der Waals surface area contributed by atoms with Gasteiger partial charge in [0.25, 0.3) is 0 Å². The van der Waals surface area contributed by atoms with Gasteiger partial charge in [0.2, 0.25) is 11.8 Å². The molecular weight excluding hydrogens is 292 g/mol. The van der Waals surface area contributed by atoms with Crippen LogP contribution in [0.3, 0.4) is 0 Å². The molecule has 5 nitrogen and oxygen atoms in total. The quantitative estimate of drug-likeness (QED) is 0.791. The minimum atomic E-state index is -0.732. The van der Waals surface area contributed by atoms with Gasteiger partial charge in [-0.3, -0.25) is 9.59 Å². The number of hydrogen-bond acceptors (Lipinski definition) is 3. The Morgan fingerprint density at radius 1 is 0.955 bits per heavy atom. The summed E-state index contributed by atoms with van der Waals surface area (Å²) in [6.07, 6.45) is 0. The predicted molar refractivity (Wildman–Crippen MR) is 78.4 cm³/mol. The van der Waals surface area contributed by atoms with Crippen molar-refractivity contribution in [2.75, 3.05) is 17.2 Å². The van der Waals surface area contributed by atoms with E-state index in [0.717, 1.165) is 18.2 Å². The lowest BCUT2D eigenvalue weighted by molar-refractivity contribution is -0.114. The van der Waals surface area contributed by atoms with E-state index in [1.165, 1.54) is 24.3 Å². The monoisotopic (exact) mass is 305 g/mol. The average Bonchev–Trinajstić information content (AvgIpc) is 2.45. The van der Waals surface area contributed by atoms with Crippen LogP contribution in [0.5, 0.6) is 0 Å². The highest BCUT2D eigenvalue weighted by atomic mass is 19.1. The molecule has 0 aromatic heterocycles. The molecule has 2 aromatic rings. The Kier molecular flexibility index (Phi) is 4.67. The van der Waals surface area contributed by atoms with E-state index in [2.05, 4.69) is 10.6 Å². The number of nitrogens with one attached hydrogen (secondary N) is 2. The molecule has 4 N–H and O–H groups in total. The highest BCUT2D eigenvalue weighted by Crippen LogP contribution is 2.13. The van der Waals surface area contributed by atoms with Gasteiger partial charge in [0, 0.05) is 23.0 Å². The van der Waals surface area contributed by atoms with Gasteiger partial charge in [0.1, 0.15) is 11.6 Å². The molecule has 114 valence electrons. The summed E-state index contributed by atoms with van der Waals surface area (Å²) in [5.74, 6) is -2.43. The molecule has 0 aliphatic rings. The fourth-order valence-corrected chi connectivity index (χ4v) is 1.76. The maximum absolute atomic E-state index is 13.0. The number of halogens is 2. The number of rotatable bonds is 5. The van der Waals surface area contributed by atoms with Crippen molar-refractivity contribution in [3.05, 3.63) is 59.7 Å². The molecule has 7 heteroatoms. The Morgan fingerprint density at radius 2 is 1.55 bits per heavy atom. The predicted octanol–water partition coefficient (Wildman–Crippen LogP) is 2.11. The van der Waals surface area contributed by atoms with Crippen LogP contribution in [-0.4, -0.2) is 18.4 Å². The number of nitrogens with two attached hydrogens (primary N) is 1. The summed E-state index contributed by atoms with van der Waals surface area (Å²) in [5, 5.41) is 5.18. The summed E-state index contributed by atoms with van der Waals surface area (Å²) in [6.45, 7) is -0.166. The fraction of sp³-hybridized carbons (Fsp3) is 0.0667. The lowest BCUT2D eigenvalue weighted by atomic mass is 10.2. The molecule has 0 fully saturated rings. The summed E-state index contributed by atoms with van der Waals surface area (Å²) in [5.41, 5.74) is 6.07. The largest absolute Gasteiger partial charge is 0.376 e. The first-order valence-corrected chi connectivity index (χ1v) is 6.34. The van der Waals surface area contributed by atoms with E-state index in [1.54, 1.807) is 0 Å². The second-order valence-electron chi connectivity index (χ2n) is 4.50. The molecule has 0 aliphatic carbocycles. The molecule has 22 heavy (non-hydrogen) atoms. The van der Waals surface area contributed by atoms with Crippen LogP contribution in [-0.2, 0) is 4.79 Å². The van der Waals surface area contributed by atoms with Crippen LogP contribution in [0.1, 0.15) is 10.4 Å². The summed E-state index contributed by atoms with van der Waals surface area (Å²) >= 11 is 0. The van der Waals surface area contributed by atoms with Crippen molar-refractivity contribution in [1.82, 2.24) is 0 Å². The van der Waals surface area contributed by atoms with Gasteiger partial charge in [-0.2, -0.15) is 0 Å². The van der Waals surface area contributed by atoms with E-state index in [0.29, 0.717) is 11.3 Å². The third kappa shape index (κ3) is 4.27. The van der Waals surface area contributed by atoms with E-state index < -0.39 is 23.4 Å². The Balaban J connectivity index is 1.91. The van der Waals surface area contributed by atoms with Crippen LogP contribution in [0.2, 0.25) is 0 Å². The Labute approximate surface area is 125 Å². The summed E-state index contributed by atoms with van der Waals surface area (Å²) in [7, 11) is 0. The second kappa shape index (κ2) is 6.66. The van der Waals surface area contributed by atoms with Crippen molar-refractivity contribution in [3.8, 4) is 0 Å². The maximum Gasteiger partial charge on any atom is 0.248 e. The standard InChI is InChI=1S/C15H13F2N3O2/c16-10-5-11(17)7-13(6-10)19-8-14(21)20-12-3-1-9(2-4-12)15(18)22/h1-7,19H,8H2,(H2,18,22)(H,20,21). The Bertz CT molecular complexity index is 682. The molecule has 2 amide bonds. The van der Waals surface area contributed by atoms with E-state index in [1.807, 2.05) is 0 Å². The van der Waals surface area contributed by atoms with Crippen LogP contribution in [0.15, 0.2) is 42.5 Å². The molecule has 0 spiro atoms. The van der Waals surface area contributed by atoms with Crippen molar-refractivity contribution in [3.63, 3.8) is 0 Å². The number of carbonyl (C=O) groups excluding carboxylic acids is 2.